The van der Waals surface area contributed by atoms with Crippen LogP contribution in [0.25, 0.3) is 0 Å². The van der Waals surface area contributed by atoms with Gasteiger partial charge in [0.25, 0.3) is 5.91 Å². The van der Waals surface area contributed by atoms with Crippen LogP contribution in [-0.4, -0.2) is 23.0 Å². The lowest BCUT2D eigenvalue weighted by Crippen LogP contribution is -2.62. The summed E-state index contributed by atoms with van der Waals surface area (Å²) in [5, 5.41) is 6.50. The SMILES string of the molecule is CC1(C)CC(NC(=O)c2ccc(N)cc2F)CC(C)(C)N1. The van der Waals surface area contributed by atoms with Crippen molar-refractivity contribution in [2.45, 2.75) is 57.7 Å². The quantitative estimate of drug-likeness (QED) is 0.734. The molecule has 4 nitrogen and oxygen atoms in total. The summed E-state index contributed by atoms with van der Waals surface area (Å²) in [5.74, 6) is -0.967. The molecule has 0 atom stereocenters. The standard InChI is InChI=1S/C16H24FN3O/c1-15(2)8-11(9-16(3,4)20-15)19-14(21)12-6-5-10(18)7-13(12)17/h5-7,11,20H,8-9,18H2,1-4H3,(H,19,21). The van der Waals surface area contributed by atoms with E-state index < -0.39 is 5.82 Å². The maximum atomic E-state index is 13.8. The Kier molecular flexibility index (Phi) is 3.97. The largest absolute Gasteiger partial charge is 0.399 e. The van der Waals surface area contributed by atoms with Crippen molar-refractivity contribution < 1.29 is 9.18 Å². The van der Waals surface area contributed by atoms with Crippen LogP contribution in [0.1, 0.15) is 50.9 Å². The van der Waals surface area contributed by atoms with Gasteiger partial charge in [-0.05, 0) is 58.7 Å². The van der Waals surface area contributed by atoms with Crippen LogP contribution in [0.5, 0.6) is 0 Å². The highest BCUT2D eigenvalue weighted by molar-refractivity contribution is 5.95. The molecule has 0 radical (unpaired) electrons. The van der Waals surface area contributed by atoms with Gasteiger partial charge in [-0.15, -0.1) is 0 Å². The molecule has 0 aromatic heterocycles. The molecule has 1 aromatic carbocycles. The summed E-state index contributed by atoms with van der Waals surface area (Å²) in [6.45, 7) is 8.43. The van der Waals surface area contributed by atoms with Gasteiger partial charge in [0.2, 0.25) is 0 Å². The second-order valence-corrected chi connectivity index (χ2v) is 7.21. The third-order valence-corrected chi connectivity index (χ3v) is 3.76. The molecule has 1 aliphatic rings. The third-order valence-electron chi connectivity index (χ3n) is 3.76. The molecule has 0 unspecified atom stereocenters. The molecule has 1 fully saturated rings. The number of carbonyl (C=O) groups excluding carboxylic acids is 1. The van der Waals surface area contributed by atoms with E-state index in [1.807, 2.05) is 0 Å². The molecule has 1 aromatic rings. The van der Waals surface area contributed by atoms with Crippen molar-refractivity contribution in [1.29, 1.82) is 0 Å². The normalized spacial score (nSPS) is 21.0. The maximum Gasteiger partial charge on any atom is 0.254 e. The van der Waals surface area contributed by atoms with E-state index >= 15 is 0 Å². The zero-order valence-corrected chi connectivity index (χ0v) is 13.1. The number of amides is 1. The number of benzene rings is 1. The lowest BCUT2D eigenvalue weighted by Gasteiger charge is -2.46. The first kappa shape index (κ1) is 15.8. The Morgan fingerprint density at radius 2 is 1.86 bits per heavy atom. The van der Waals surface area contributed by atoms with Gasteiger partial charge < -0.3 is 16.4 Å². The fourth-order valence-corrected chi connectivity index (χ4v) is 3.40. The number of nitrogen functional groups attached to an aromatic ring is 1. The average Bonchev–Trinajstić information content (AvgIpc) is 2.23. The number of rotatable bonds is 2. The molecule has 0 saturated carbocycles. The van der Waals surface area contributed by atoms with E-state index in [1.54, 1.807) is 0 Å². The van der Waals surface area contributed by atoms with E-state index in [0.717, 1.165) is 12.8 Å². The van der Waals surface area contributed by atoms with E-state index in [4.69, 9.17) is 5.73 Å². The van der Waals surface area contributed by atoms with Crippen LogP contribution in [0.4, 0.5) is 10.1 Å². The topological polar surface area (TPSA) is 67.2 Å². The van der Waals surface area contributed by atoms with Gasteiger partial charge in [-0.1, -0.05) is 0 Å². The molecule has 0 bridgehead atoms. The van der Waals surface area contributed by atoms with Gasteiger partial charge in [-0.25, -0.2) is 4.39 Å². The zero-order valence-electron chi connectivity index (χ0n) is 13.1. The summed E-state index contributed by atoms with van der Waals surface area (Å²) in [4.78, 5) is 12.3. The number of nitrogens with two attached hydrogens (primary N) is 1. The lowest BCUT2D eigenvalue weighted by atomic mass is 9.79. The molecule has 1 heterocycles. The van der Waals surface area contributed by atoms with Gasteiger partial charge in [0.15, 0.2) is 0 Å². The van der Waals surface area contributed by atoms with Gasteiger partial charge >= 0.3 is 0 Å². The first-order valence-electron chi connectivity index (χ1n) is 7.23. The van der Waals surface area contributed by atoms with Gasteiger partial charge in [0.1, 0.15) is 5.82 Å². The zero-order chi connectivity index (χ0) is 15.8. The highest BCUT2D eigenvalue weighted by atomic mass is 19.1. The highest BCUT2D eigenvalue weighted by Crippen LogP contribution is 2.28. The summed E-state index contributed by atoms with van der Waals surface area (Å²) in [6, 6.07) is 4.15. The fraction of sp³-hybridized carbons (Fsp3) is 0.562. The summed E-state index contributed by atoms with van der Waals surface area (Å²) in [6.07, 6.45) is 1.61. The van der Waals surface area contributed by atoms with Crippen LogP contribution in [0.15, 0.2) is 18.2 Å². The predicted octanol–water partition coefficient (Wildman–Crippen LogP) is 2.45. The van der Waals surface area contributed by atoms with Crippen LogP contribution in [0.2, 0.25) is 0 Å². The monoisotopic (exact) mass is 293 g/mol. The molecule has 4 N–H and O–H groups in total. The number of carbonyl (C=O) groups is 1. The average molecular weight is 293 g/mol. The van der Waals surface area contributed by atoms with Gasteiger partial charge in [0.05, 0.1) is 5.56 Å². The summed E-state index contributed by atoms with van der Waals surface area (Å²) < 4.78 is 13.8. The Morgan fingerprint density at radius 1 is 1.29 bits per heavy atom. The number of hydrogen-bond acceptors (Lipinski definition) is 3. The van der Waals surface area contributed by atoms with Crippen LogP contribution < -0.4 is 16.4 Å². The van der Waals surface area contributed by atoms with E-state index in [9.17, 15) is 9.18 Å². The molecule has 2 rings (SSSR count). The second-order valence-electron chi connectivity index (χ2n) is 7.21. The summed E-state index contributed by atoms with van der Waals surface area (Å²) in [7, 11) is 0. The molecule has 0 aliphatic carbocycles. The molecule has 116 valence electrons. The van der Waals surface area contributed by atoms with Crippen molar-refractivity contribution in [2.24, 2.45) is 0 Å². The molecule has 1 aliphatic heterocycles. The minimum atomic E-state index is -0.583. The number of halogens is 1. The molecule has 21 heavy (non-hydrogen) atoms. The minimum absolute atomic E-state index is 0.0145. The van der Waals surface area contributed by atoms with E-state index in [-0.39, 0.29) is 28.6 Å². The third kappa shape index (κ3) is 3.94. The highest BCUT2D eigenvalue weighted by Gasteiger charge is 2.38. The van der Waals surface area contributed by atoms with Crippen molar-refractivity contribution in [2.75, 3.05) is 5.73 Å². The van der Waals surface area contributed by atoms with Crippen molar-refractivity contribution in [3.05, 3.63) is 29.6 Å². The number of hydrogen-bond donors (Lipinski definition) is 3. The van der Waals surface area contributed by atoms with Crippen molar-refractivity contribution in [3.8, 4) is 0 Å². The minimum Gasteiger partial charge on any atom is -0.399 e. The van der Waals surface area contributed by atoms with Crippen LogP contribution in [-0.2, 0) is 0 Å². The van der Waals surface area contributed by atoms with Crippen LogP contribution in [0, 0.1) is 5.82 Å². The Bertz CT molecular complexity index is 538. The Hall–Kier alpha value is -1.62. The number of nitrogens with one attached hydrogen (secondary N) is 2. The second kappa shape index (κ2) is 5.30. The van der Waals surface area contributed by atoms with Gasteiger partial charge in [-0.2, -0.15) is 0 Å². The predicted molar refractivity (Wildman–Crippen MR) is 82.6 cm³/mol. The van der Waals surface area contributed by atoms with Crippen LogP contribution in [0.3, 0.4) is 0 Å². The van der Waals surface area contributed by atoms with Crippen molar-refractivity contribution in [3.63, 3.8) is 0 Å². The van der Waals surface area contributed by atoms with Gasteiger partial charge in [-0.3, -0.25) is 4.79 Å². The Labute approximate surface area is 125 Å². The number of anilines is 1. The van der Waals surface area contributed by atoms with Crippen molar-refractivity contribution in [1.82, 2.24) is 10.6 Å². The lowest BCUT2D eigenvalue weighted by molar-refractivity contribution is 0.0869. The first-order chi connectivity index (χ1) is 9.58. The van der Waals surface area contributed by atoms with E-state index in [2.05, 4.69) is 38.3 Å². The molecular formula is C16H24FN3O. The Morgan fingerprint density at radius 3 is 2.38 bits per heavy atom. The molecule has 0 spiro atoms. The van der Waals surface area contributed by atoms with Gasteiger partial charge in [0, 0.05) is 22.8 Å². The Balaban J connectivity index is 2.12. The maximum absolute atomic E-state index is 13.8. The molecular weight excluding hydrogens is 269 g/mol. The summed E-state index contributed by atoms with van der Waals surface area (Å²) >= 11 is 0. The smallest absolute Gasteiger partial charge is 0.254 e. The fourth-order valence-electron chi connectivity index (χ4n) is 3.40. The van der Waals surface area contributed by atoms with Crippen LogP contribution >= 0.6 is 0 Å². The number of piperidine rings is 1. The van der Waals surface area contributed by atoms with E-state index in [1.165, 1.54) is 18.2 Å². The first-order valence-corrected chi connectivity index (χ1v) is 7.23. The van der Waals surface area contributed by atoms with Crippen molar-refractivity contribution >= 4 is 11.6 Å². The van der Waals surface area contributed by atoms with E-state index in [0.29, 0.717) is 5.69 Å². The molecule has 1 amide bonds. The summed E-state index contributed by atoms with van der Waals surface area (Å²) in [5.41, 5.74) is 5.72. The molecule has 5 heteroatoms. The molecule has 1 saturated heterocycles.